The summed E-state index contributed by atoms with van der Waals surface area (Å²) >= 11 is 0. The van der Waals surface area contributed by atoms with Crippen LogP contribution >= 0.6 is 0 Å². The Morgan fingerprint density at radius 3 is 2.02 bits per heavy atom. The van der Waals surface area contributed by atoms with E-state index in [0.717, 1.165) is 0 Å². The zero-order chi connectivity index (χ0) is 40.9. The molecule has 0 aliphatic rings. The van der Waals surface area contributed by atoms with Crippen LogP contribution in [0.15, 0.2) is 77.2 Å². The first-order chi connectivity index (χ1) is 27.4. The number of unbranched alkanes of at least 4 members (excludes halogenated alkanes) is 1. The average Bonchev–Trinajstić information content (AvgIpc) is 3.68. The highest BCUT2D eigenvalue weighted by Crippen LogP contribution is 2.29. The molecule has 2 heterocycles. The molecule has 5 aromatic rings. The molecule has 7 N–H and O–H groups in total. The van der Waals surface area contributed by atoms with E-state index >= 15 is 0 Å². The molecule has 0 bridgehead atoms. The highest BCUT2D eigenvalue weighted by molar-refractivity contribution is 6.01. The summed E-state index contributed by atoms with van der Waals surface area (Å²) in [6, 6.07) is 17.6. The summed E-state index contributed by atoms with van der Waals surface area (Å²) in [6.45, 7) is 0.769. The van der Waals surface area contributed by atoms with Crippen LogP contribution in [-0.2, 0) is 9.59 Å². The molecule has 18 heteroatoms. The zero-order valence-corrected chi connectivity index (χ0v) is 30.4. The number of furan rings is 1. The van der Waals surface area contributed by atoms with Gasteiger partial charge in [-0.05, 0) is 73.9 Å². The van der Waals surface area contributed by atoms with Gasteiger partial charge in [0.1, 0.15) is 16.5 Å². The van der Waals surface area contributed by atoms with Crippen molar-refractivity contribution in [3.8, 4) is 23.0 Å². The summed E-state index contributed by atoms with van der Waals surface area (Å²) < 4.78 is 5.15. The van der Waals surface area contributed by atoms with E-state index in [2.05, 4.69) is 25.9 Å². The van der Waals surface area contributed by atoms with E-state index < -0.39 is 51.5 Å². The van der Waals surface area contributed by atoms with E-state index in [-0.39, 0.29) is 73.5 Å². The molecular weight excluding hydrogens is 742 g/mol. The van der Waals surface area contributed by atoms with E-state index in [1.54, 1.807) is 24.3 Å². The van der Waals surface area contributed by atoms with Crippen LogP contribution in [0.4, 0.5) is 11.7 Å². The van der Waals surface area contributed by atoms with Gasteiger partial charge in [0.05, 0.1) is 22.7 Å². The first kappa shape index (κ1) is 40.7. The Labute approximate surface area is 324 Å². The summed E-state index contributed by atoms with van der Waals surface area (Å²) in [4.78, 5) is 72.5. The Morgan fingerprint density at radius 2 is 1.37 bits per heavy atom. The number of carbonyl (C=O) groups excluding carboxylic acids is 4. The molecule has 18 nitrogen and oxygen atoms in total. The standard InChI is InChI=1S/C39H39N7O11/c47-29-12-5-9-26(35(29)51)38(53)40-20-3-4-22-45(23-7-21-41-39(54)27-10-6-13-30(48)36(27)52)33(50)18-17-32(49)44-37-25-8-1-2-11-28(25)42-31(43-37)16-14-24-15-19-34(57-24)46(55)56/h1-2,5-6,8-16,19,47-48,51-52H,3-4,7,17-18,20-23H2,(H,40,53)(H,41,54)(H,42,43,44,49)/b16-14+. The average molecular weight is 782 g/mol. The van der Waals surface area contributed by atoms with Crippen LogP contribution in [0.3, 0.4) is 0 Å². The molecule has 0 radical (unpaired) electrons. The van der Waals surface area contributed by atoms with Gasteiger partial charge in [0.25, 0.3) is 11.8 Å². The van der Waals surface area contributed by atoms with Crippen LogP contribution in [0.1, 0.15) is 64.4 Å². The van der Waals surface area contributed by atoms with Crippen LogP contribution < -0.4 is 16.0 Å². The SMILES string of the molecule is O=C(CCC(=O)N(CCCCNC(=O)c1cccc(O)c1O)CCCNC(=O)c1cccc(O)c1O)Nc1nc(/C=C/c2ccc([N+](=O)[O-])o2)nc2ccccc12. The van der Waals surface area contributed by atoms with Crippen molar-refractivity contribution >= 4 is 58.4 Å². The number of aromatic hydroxyl groups is 4. The molecule has 0 aliphatic heterocycles. The number of benzene rings is 3. The van der Waals surface area contributed by atoms with Gasteiger partial charge in [-0.2, -0.15) is 0 Å². The predicted molar refractivity (Wildman–Crippen MR) is 206 cm³/mol. The van der Waals surface area contributed by atoms with Crippen molar-refractivity contribution in [3.05, 3.63) is 106 Å². The van der Waals surface area contributed by atoms with Crippen molar-refractivity contribution in [2.24, 2.45) is 0 Å². The van der Waals surface area contributed by atoms with Crippen LogP contribution in [0.2, 0.25) is 0 Å². The van der Waals surface area contributed by atoms with Crippen molar-refractivity contribution in [3.63, 3.8) is 0 Å². The number of hydrogen-bond donors (Lipinski definition) is 7. The Hall–Kier alpha value is -7.50. The maximum Gasteiger partial charge on any atom is 0.433 e. The number of carbonyl (C=O) groups is 4. The minimum atomic E-state index is -0.661. The number of anilines is 1. The topological polar surface area (TPSA) is 271 Å². The van der Waals surface area contributed by atoms with E-state index in [1.807, 2.05) is 0 Å². The number of aromatic nitrogens is 2. The summed E-state index contributed by atoms with van der Waals surface area (Å²) in [7, 11) is 0. The van der Waals surface area contributed by atoms with E-state index in [0.29, 0.717) is 30.2 Å². The molecule has 0 atom stereocenters. The number of rotatable bonds is 18. The molecule has 0 aliphatic carbocycles. The van der Waals surface area contributed by atoms with Gasteiger partial charge >= 0.3 is 5.88 Å². The molecule has 0 unspecified atom stereocenters. The number of nitrogens with zero attached hydrogens (tertiary/aromatic N) is 4. The Morgan fingerprint density at radius 1 is 0.737 bits per heavy atom. The second-order valence-corrected chi connectivity index (χ2v) is 12.6. The number of phenolic OH excluding ortho intramolecular Hbond substituents is 4. The van der Waals surface area contributed by atoms with Crippen molar-refractivity contribution < 1.29 is 48.9 Å². The van der Waals surface area contributed by atoms with Crippen LogP contribution in [0, 0.1) is 10.1 Å². The maximum absolute atomic E-state index is 13.5. The van der Waals surface area contributed by atoms with Gasteiger partial charge in [-0.3, -0.25) is 29.3 Å². The summed E-state index contributed by atoms with van der Waals surface area (Å²) in [5, 5.41) is 59.0. The Bertz CT molecular complexity index is 2310. The van der Waals surface area contributed by atoms with Gasteiger partial charge < -0.3 is 45.7 Å². The van der Waals surface area contributed by atoms with Gasteiger partial charge in [-0.15, -0.1) is 0 Å². The van der Waals surface area contributed by atoms with Gasteiger partial charge in [-0.25, -0.2) is 9.97 Å². The molecular formula is C39H39N7O11. The molecule has 0 spiro atoms. The van der Waals surface area contributed by atoms with Gasteiger partial charge in [0.15, 0.2) is 28.8 Å². The number of fused-ring (bicyclic) bond motifs is 1. The highest BCUT2D eigenvalue weighted by Gasteiger charge is 2.19. The number of para-hydroxylation sites is 3. The minimum absolute atomic E-state index is 0.0870. The van der Waals surface area contributed by atoms with Crippen molar-refractivity contribution in [1.29, 1.82) is 0 Å². The molecule has 0 saturated heterocycles. The molecule has 0 fully saturated rings. The van der Waals surface area contributed by atoms with E-state index in [9.17, 15) is 49.7 Å². The molecule has 2 aromatic heterocycles. The Balaban J connectivity index is 1.19. The first-order valence-corrected chi connectivity index (χ1v) is 17.8. The van der Waals surface area contributed by atoms with E-state index in [1.165, 1.54) is 65.6 Å². The third kappa shape index (κ3) is 11.0. The smallest absolute Gasteiger partial charge is 0.433 e. The van der Waals surface area contributed by atoms with Crippen molar-refractivity contribution in [2.45, 2.75) is 32.1 Å². The lowest BCUT2D eigenvalue weighted by Crippen LogP contribution is -2.36. The van der Waals surface area contributed by atoms with Crippen molar-refractivity contribution in [2.75, 3.05) is 31.5 Å². The number of phenols is 4. The molecule has 57 heavy (non-hydrogen) atoms. The molecule has 296 valence electrons. The lowest BCUT2D eigenvalue weighted by atomic mass is 10.1. The lowest BCUT2D eigenvalue weighted by Gasteiger charge is -2.23. The maximum atomic E-state index is 13.5. The number of amides is 4. The third-order valence-corrected chi connectivity index (χ3v) is 8.54. The summed E-state index contributed by atoms with van der Waals surface area (Å²) in [6.07, 6.45) is 3.75. The zero-order valence-electron chi connectivity index (χ0n) is 30.4. The van der Waals surface area contributed by atoms with Gasteiger partial charge in [0.2, 0.25) is 11.8 Å². The molecule has 0 saturated carbocycles. The third-order valence-electron chi connectivity index (χ3n) is 8.54. The summed E-state index contributed by atoms with van der Waals surface area (Å²) in [5.74, 6) is -3.86. The fraction of sp³-hybridized carbons (Fsp3) is 0.231. The molecule has 4 amide bonds. The number of nitro groups is 1. The van der Waals surface area contributed by atoms with Crippen molar-refractivity contribution in [1.82, 2.24) is 25.5 Å². The van der Waals surface area contributed by atoms with Crippen LogP contribution in [0.5, 0.6) is 23.0 Å². The number of nitrogens with one attached hydrogen (secondary N) is 3. The van der Waals surface area contributed by atoms with Gasteiger partial charge in [-0.1, -0.05) is 24.3 Å². The highest BCUT2D eigenvalue weighted by atomic mass is 16.6. The minimum Gasteiger partial charge on any atom is -0.504 e. The second kappa shape index (κ2) is 19.2. The van der Waals surface area contributed by atoms with E-state index in [4.69, 9.17) is 4.42 Å². The Kier molecular flexibility index (Phi) is 13.7. The lowest BCUT2D eigenvalue weighted by molar-refractivity contribution is -0.402. The normalized spacial score (nSPS) is 11.0. The number of hydrogen-bond acceptors (Lipinski definition) is 13. The van der Waals surface area contributed by atoms with Gasteiger partial charge in [0, 0.05) is 44.4 Å². The fourth-order valence-electron chi connectivity index (χ4n) is 5.61. The summed E-state index contributed by atoms with van der Waals surface area (Å²) in [5.41, 5.74) is 0.311. The monoisotopic (exact) mass is 781 g/mol. The predicted octanol–water partition coefficient (Wildman–Crippen LogP) is 4.70. The molecule has 5 rings (SSSR count). The van der Waals surface area contributed by atoms with Crippen LogP contribution in [0.25, 0.3) is 23.1 Å². The van der Waals surface area contributed by atoms with Crippen LogP contribution in [-0.4, -0.2) is 90.0 Å². The largest absolute Gasteiger partial charge is 0.504 e. The first-order valence-electron chi connectivity index (χ1n) is 17.8. The fourth-order valence-corrected chi connectivity index (χ4v) is 5.61. The second-order valence-electron chi connectivity index (χ2n) is 12.6. The molecule has 3 aromatic carbocycles. The quantitative estimate of drug-likeness (QED) is 0.0275.